The van der Waals surface area contributed by atoms with E-state index in [1.54, 1.807) is 0 Å². The molecule has 4 rings (SSSR count). The number of rotatable bonds is 5. The van der Waals surface area contributed by atoms with Crippen LogP contribution in [0.25, 0.3) is 0 Å². The van der Waals surface area contributed by atoms with Crippen LogP contribution in [0.4, 0.5) is 0 Å². The van der Waals surface area contributed by atoms with Gasteiger partial charge in [0.15, 0.2) is 0 Å². The first-order chi connectivity index (χ1) is 12.7. The van der Waals surface area contributed by atoms with Gasteiger partial charge in [-0.15, -0.1) is 0 Å². The molecule has 0 unspecified atom stereocenters. The van der Waals surface area contributed by atoms with Crippen molar-refractivity contribution in [3.05, 3.63) is 35.9 Å². The normalized spacial score (nSPS) is 26.7. The summed E-state index contributed by atoms with van der Waals surface area (Å²) < 4.78 is 0. The molecule has 2 aliphatic heterocycles. The van der Waals surface area contributed by atoms with Crippen molar-refractivity contribution >= 4 is 5.91 Å². The van der Waals surface area contributed by atoms with Gasteiger partial charge >= 0.3 is 0 Å². The first-order valence-electron chi connectivity index (χ1n) is 10.4. The first-order valence-corrected chi connectivity index (χ1v) is 10.4. The fourth-order valence-electron chi connectivity index (χ4n) is 4.94. The van der Waals surface area contributed by atoms with E-state index in [4.69, 9.17) is 0 Å². The fraction of sp³-hybridized carbons (Fsp3) is 0.682. The highest BCUT2D eigenvalue weighted by Crippen LogP contribution is 2.44. The van der Waals surface area contributed by atoms with Gasteiger partial charge in [0.25, 0.3) is 0 Å². The number of likely N-dealkylation sites (tertiary alicyclic amines) is 2. The van der Waals surface area contributed by atoms with Gasteiger partial charge in [-0.25, -0.2) is 0 Å². The zero-order chi connectivity index (χ0) is 18.0. The highest BCUT2D eigenvalue weighted by atomic mass is 16.2. The highest BCUT2D eigenvalue weighted by molar-refractivity contribution is 5.78. The Morgan fingerprint density at radius 1 is 1.15 bits per heavy atom. The second kappa shape index (κ2) is 7.69. The van der Waals surface area contributed by atoms with Crippen molar-refractivity contribution in [2.45, 2.75) is 51.0 Å². The highest BCUT2D eigenvalue weighted by Gasteiger charge is 2.42. The maximum absolute atomic E-state index is 12.1. The molecule has 3 fully saturated rings. The van der Waals surface area contributed by atoms with Crippen molar-refractivity contribution in [3.63, 3.8) is 0 Å². The van der Waals surface area contributed by atoms with Crippen molar-refractivity contribution < 1.29 is 4.79 Å². The van der Waals surface area contributed by atoms with Gasteiger partial charge in [-0.05, 0) is 68.6 Å². The van der Waals surface area contributed by atoms with Crippen LogP contribution < -0.4 is 5.32 Å². The lowest BCUT2D eigenvalue weighted by Crippen LogP contribution is -2.52. The molecule has 2 saturated heterocycles. The van der Waals surface area contributed by atoms with Crippen molar-refractivity contribution in [2.75, 3.05) is 39.3 Å². The summed E-state index contributed by atoms with van der Waals surface area (Å²) >= 11 is 0. The number of benzene rings is 1. The smallest absolute Gasteiger partial charge is 0.234 e. The Hall–Kier alpha value is -1.39. The Morgan fingerprint density at radius 3 is 2.54 bits per heavy atom. The maximum atomic E-state index is 12.1. The van der Waals surface area contributed by atoms with Crippen LogP contribution in [0.2, 0.25) is 0 Å². The molecule has 3 aliphatic rings. The van der Waals surface area contributed by atoms with Gasteiger partial charge in [0.2, 0.25) is 5.91 Å². The molecule has 0 bridgehead atoms. The van der Waals surface area contributed by atoms with E-state index in [-0.39, 0.29) is 5.91 Å². The molecule has 1 aromatic carbocycles. The Kier molecular flexibility index (Phi) is 5.32. The topological polar surface area (TPSA) is 35.6 Å². The minimum atomic E-state index is 0.226. The molecule has 0 radical (unpaired) electrons. The van der Waals surface area contributed by atoms with E-state index < -0.39 is 0 Å². The van der Waals surface area contributed by atoms with E-state index in [0.29, 0.717) is 23.9 Å². The second-order valence-electron chi connectivity index (χ2n) is 8.76. The van der Waals surface area contributed by atoms with E-state index in [1.165, 1.54) is 50.8 Å². The van der Waals surface area contributed by atoms with E-state index in [1.807, 2.05) is 0 Å². The number of carbonyl (C=O) groups excluding carboxylic acids is 1. The van der Waals surface area contributed by atoms with Gasteiger partial charge in [0.05, 0.1) is 6.54 Å². The summed E-state index contributed by atoms with van der Waals surface area (Å²) in [6.45, 7) is 8.57. The summed E-state index contributed by atoms with van der Waals surface area (Å²) in [5, 5.41) is 3.13. The SMILES string of the molecule is CCN1C[C@@H](c2ccccc2)CC2(CCN(CC(=O)NC3CC3)CC2)C1. The van der Waals surface area contributed by atoms with Crippen LogP contribution in [-0.2, 0) is 4.79 Å². The number of hydrogen-bond donors (Lipinski definition) is 1. The molecule has 1 amide bonds. The third-order valence-electron chi connectivity index (χ3n) is 6.66. The van der Waals surface area contributed by atoms with Crippen LogP contribution in [0.1, 0.15) is 50.5 Å². The van der Waals surface area contributed by atoms with Crippen molar-refractivity contribution in [1.82, 2.24) is 15.1 Å². The monoisotopic (exact) mass is 355 g/mol. The van der Waals surface area contributed by atoms with Gasteiger partial charge in [0.1, 0.15) is 0 Å². The Balaban J connectivity index is 1.37. The average Bonchev–Trinajstić information content (AvgIpc) is 3.48. The van der Waals surface area contributed by atoms with Crippen LogP contribution in [-0.4, -0.2) is 61.0 Å². The summed E-state index contributed by atoms with van der Waals surface area (Å²) in [6.07, 6.45) is 6.09. The number of carbonyl (C=O) groups is 1. The van der Waals surface area contributed by atoms with Gasteiger partial charge in [-0.2, -0.15) is 0 Å². The Morgan fingerprint density at radius 2 is 1.88 bits per heavy atom. The Labute approximate surface area is 157 Å². The van der Waals surface area contributed by atoms with Crippen molar-refractivity contribution in [3.8, 4) is 0 Å². The molecular formula is C22H33N3O. The second-order valence-corrected chi connectivity index (χ2v) is 8.76. The molecule has 1 N–H and O–H groups in total. The van der Waals surface area contributed by atoms with Gasteiger partial charge < -0.3 is 10.2 Å². The lowest BCUT2D eigenvalue weighted by Gasteiger charge is -2.50. The predicted molar refractivity (Wildman–Crippen MR) is 105 cm³/mol. The summed E-state index contributed by atoms with van der Waals surface area (Å²) in [6, 6.07) is 11.5. The fourth-order valence-corrected chi connectivity index (χ4v) is 4.94. The average molecular weight is 356 g/mol. The Bertz CT molecular complexity index is 605. The molecule has 0 aromatic heterocycles. The van der Waals surface area contributed by atoms with E-state index >= 15 is 0 Å². The summed E-state index contributed by atoms with van der Waals surface area (Å²) in [5.41, 5.74) is 1.93. The molecule has 2 heterocycles. The summed E-state index contributed by atoms with van der Waals surface area (Å²) in [5.74, 6) is 0.874. The van der Waals surface area contributed by atoms with Crippen molar-refractivity contribution in [2.24, 2.45) is 5.41 Å². The quantitative estimate of drug-likeness (QED) is 0.882. The van der Waals surface area contributed by atoms with E-state index in [2.05, 4.69) is 52.4 Å². The lowest BCUT2D eigenvalue weighted by atomic mass is 9.68. The molecule has 4 heteroatoms. The summed E-state index contributed by atoms with van der Waals surface area (Å²) in [7, 11) is 0. The van der Waals surface area contributed by atoms with E-state index in [9.17, 15) is 4.79 Å². The number of amides is 1. The molecule has 4 nitrogen and oxygen atoms in total. The van der Waals surface area contributed by atoms with Gasteiger partial charge in [-0.1, -0.05) is 37.3 Å². The third-order valence-corrected chi connectivity index (χ3v) is 6.66. The first kappa shape index (κ1) is 18.0. The summed E-state index contributed by atoms with van der Waals surface area (Å²) in [4.78, 5) is 17.1. The van der Waals surface area contributed by atoms with Crippen molar-refractivity contribution in [1.29, 1.82) is 0 Å². The minimum Gasteiger partial charge on any atom is -0.352 e. The largest absolute Gasteiger partial charge is 0.352 e. The zero-order valence-corrected chi connectivity index (χ0v) is 16.1. The molecule has 1 aliphatic carbocycles. The number of hydrogen-bond acceptors (Lipinski definition) is 3. The lowest BCUT2D eigenvalue weighted by molar-refractivity contribution is -0.123. The molecule has 26 heavy (non-hydrogen) atoms. The van der Waals surface area contributed by atoms with Gasteiger partial charge in [0, 0.05) is 19.1 Å². The number of piperidine rings is 2. The minimum absolute atomic E-state index is 0.226. The standard InChI is InChI=1S/C22H33N3O/c1-2-24-15-19(18-6-4-3-5-7-18)14-22(17-24)10-12-25(13-11-22)16-21(26)23-20-8-9-20/h3-7,19-20H,2,8-17H2,1H3,(H,23,26)/t19-/m0/s1. The van der Waals surface area contributed by atoms with Gasteiger partial charge in [-0.3, -0.25) is 9.69 Å². The predicted octanol–water partition coefficient (Wildman–Crippen LogP) is 2.86. The molecule has 1 saturated carbocycles. The van der Waals surface area contributed by atoms with Crippen LogP contribution >= 0.6 is 0 Å². The number of likely N-dealkylation sites (N-methyl/N-ethyl adjacent to an activating group) is 1. The number of nitrogens with one attached hydrogen (secondary N) is 1. The van der Waals surface area contributed by atoms with E-state index in [0.717, 1.165) is 19.6 Å². The molecule has 1 atom stereocenters. The zero-order valence-electron chi connectivity index (χ0n) is 16.1. The molecule has 1 spiro atoms. The molecule has 142 valence electrons. The maximum Gasteiger partial charge on any atom is 0.234 e. The molecule has 1 aromatic rings. The molecular weight excluding hydrogens is 322 g/mol. The van der Waals surface area contributed by atoms with Crippen LogP contribution in [0.5, 0.6) is 0 Å². The third kappa shape index (κ3) is 4.29. The number of nitrogens with zero attached hydrogens (tertiary/aromatic N) is 2. The van der Waals surface area contributed by atoms with Crippen LogP contribution in [0, 0.1) is 5.41 Å². The van der Waals surface area contributed by atoms with Crippen LogP contribution in [0.3, 0.4) is 0 Å². The van der Waals surface area contributed by atoms with Crippen LogP contribution in [0.15, 0.2) is 30.3 Å².